The normalized spacial score (nSPS) is 14.6. The summed E-state index contributed by atoms with van der Waals surface area (Å²) in [5, 5.41) is 8.25. The minimum absolute atomic E-state index is 0.00816. The van der Waals surface area contributed by atoms with Crippen molar-refractivity contribution in [2.24, 2.45) is 0 Å². The molecule has 0 radical (unpaired) electrons. The van der Waals surface area contributed by atoms with Gasteiger partial charge in [0.2, 0.25) is 11.9 Å². The van der Waals surface area contributed by atoms with E-state index in [0.717, 1.165) is 0 Å². The van der Waals surface area contributed by atoms with E-state index in [2.05, 4.69) is 220 Å². The fraction of sp³-hybridized carbons (Fsp3) is 0.293. The van der Waals surface area contributed by atoms with Crippen LogP contribution in [0.4, 0.5) is 11.4 Å². The molecule has 1 fully saturated rings. The summed E-state index contributed by atoms with van der Waals surface area (Å²) < 4.78 is 2.42. The topological polar surface area (TPSA) is 27.9 Å². The number of benzene rings is 6. The van der Waals surface area contributed by atoms with Crippen molar-refractivity contribution in [2.45, 2.75) is 110 Å². The van der Waals surface area contributed by atoms with E-state index in [4.69, 9.17) is 0 Å². The lowest BCUT2D eigenvalue weighted by Gasteiger charge is -2.32. The van der Waals surface area contributed by atoms with Gasteiger partial charge in [-0.2, -0.15) is 4.57 Å². The minimum atomic E-state index is 0.00816. The first-order valence-corrected chi connectivity index (χ1v) is 22.8. The van der Waals surface area contributed by atoms with Gasteiger partial charge in [-0.3, -0.25) is 0 Å². The average molecular weight is 803 g/mol. The summed E-state index contributed by atoms with van der Waals surface area (Å²) in [5.74, 6) is 0.556. The summed E-state index contributed by atoms with van der Waals surface area (Å²) in [7, 11) is 0. The number of rotatable bonds is 13. The number of anilines is 2. The molecule has 1 aliphatic rings. The number of nitrogens with zero attached hydrogens (tertiary/aromatic N) is 1. The molecule has 7 aromatic rings. The van der Waals surface area contributed by atoms with Crippen LogP contribution < -0.4 is 15.2 Å². The number of nitrogens with one attached hydrogen (secondary N) is 2. The summed E-state index contributed by atoms with van der Waals surface area (Å²) in [5.41, 5.74) is 17.0. The maximum absolute atomic E-state index is 4.34. The summed E-state index contributed by atoms with van der Waals surface area (Å²) in [6, 6.07) is 61.2. The zero-order chi connectivity index (χ0) is 42.1. The van der Waals surface area contributed by atoms with E-state index >= 15 is 0 Å². The Morgan fingerprint density at radius 1 is 0.475 bits per heavy atom. The Labute approximate surface area is 366 Å². The monoisotopic (exact) mass is 803 g/mol. The Hall–Kier alpha value is -5.93. The molecule has 0 saturated heterocycles. The molecule has 0 spiro atoms. The molecule has 1 aromatic heterocycles. The lowest BCUT2D eigenvalue weighted by atomic mass is 9.75. The van der Waals surface area contributed by atoms with Crippen LogP contribution in [0.2, 0.25) is 0 Å². The van der Waals surface area contributed by atoms with Crippen molar-refractivity contribution < 1.29 is 4.57 Å². The van der Waals surface area contributed by atoms with Crippen molar-refractivity contribution in [1.82, 2.24) is 0 Å². The summed E-state index contributed by atoms with van der Waals surface area (Å²) >= 11 is 0. The maximum atomic E-state index is 4.34. The molecule has 2 atom stereocenters. The van der Waals surface area contributed by atoms with E-state index in [9.17, 15) is 0 Å². The molecule has 1 saturated carbocycles. The highest BCUT2D eigenvalue weighted by Crippen LogP contribution is 2.47. The highest BCUT2D eigenvalue weighted by molar-refractivity contribution is 5.68. The number of hydrogen-bond acceptors (Lipinski definition) is 2. The molecule has 6 aromatic carbocycles. The first kappa shape index (κ1) is 41.8. The molecule has 310 valence electrons. The number of aryl methyl sites for hydroxylation is 3. The summed E-state index contributed by atoms with van der Waals surface area (Å²) in [6.07, 6.45) is 11.2. The lowest BCUT2D eigenvalue weighted by molar-refractivity contribution is -0.721. The Morgan fingerprint density at radius 3 is 1.48 bits per heavy atom. The van der Waals surface area contributed by atoms with Crippen LogP contribution in [0.5, 0.6) is 0 Å². The molecule has 1 heterocycles. The Morgan fingerprint density at radius 2 is 0.951 bits per heavy atom. The van der Waals surface area contributed by atoms with Crippen LogP contribution in [0, 0.1) is 20.8 Å². The van der Waals surface area contributed by atoms with Crippen molar-refractivity contribution in [2.75, 3.05) is 10.6 Å². The molecule has 0 bridgehead atoms. The first-order chi connectivity index (χ1) is 29.9. The van der Waals surface area contributed by atoms with Crippen LogP contribution >= 0.6 is 0 Å². The van der Waals surface area contributed by atoms with Gasteiger partial charge >= 0.3 is 0 Å². The van der Waals surface area contributed by atoms with Crippen molar-refractivity contribution in [3.05, 3.63) is 231 Å². The maximum Gasteiger partial charge on any atom is 0.228 e. The number of pyridine rings is 1. The zero-order valence-electron chi connectivity index (χ0n) is 36.9. The molecule has 61 heavy (non-hydrogen) atoms. The van der Waals surface area contributed by atoms with Crippen molar-refractivity contribution in [3.8, 4) is 0 Å². The molecule has 0 aliphatic heterocycles. The van der Waals surface area contributed by atoms with E-state index in [1.165, 1.54) is 118 Å². The van der Waals surface area contributed by atoms with Gasteiger partial charge in [-0.15, -0.1) is 0 Å². The van der Waals surface area contributed by atoms with Crippen LogP contribution in [0.15, 0.2) is 170 Å². The predicted octanol–water partition coefficient (Wildman–Crippen LogP) is 14.9. The molecule has 3 heteroatoms. The highest BCUT2D eigenvalue weighted by atomic mass is 15.2. The van der Waals surface area contributed by atoms with E-state index < -0.39 is 0 Å². The first-order valence-electron chi connectivity index (χ1n) is 22.8. The van der Waals surface area contributed by atoms with Gasteiger partial charge in [0.25, 0.3) is 0 Å². The second-order valence-electron chi connectivity index (χ2n) is 17.6. The smallest absolute Gasteiger partial charge is 0.228 e. The van der Waals surface area contributed by atoms with Crippen LogP contribution in [-0.4, -0.2) is 0 Å². The highest BCUT2D eigenvalue weighted by Gasteiger charge is 2.31. The molecular formula is C58H64N3+. The summed E-state index contributed by atoms with van der Waals surface area (Å²) in [4.78, 5) is 0. The second-order valence-corrected chi connectivity index (χ2v) is 17.6. The van der Waals surface area contributed by atoms with E-state index in [1.807, 2.05) is 0 Å². The lowest BCUT2D eigenvalue weighted by Crippen LogP contribution is -2.47. The van der Waals surface area contributed by atoms with Gasteiger partial charge in [-0.05, 0) is 96.5 Å². The van der Waals surface area contributed by atoms with Crippen LogP contribution in [0.25, 0.3) is 0 Å². The Balaban J connectivity index is 1.34. The van der Waals surface area contributed by atoms with Gasteiger partial charge in [0, 0.05) is 42.3 Å². The third-order valence-corrected chi connectivity index (χ3v) is 13.1. The minimum Gasteiger partial charge on any atom is -0.373 e. The third-order valence-electron chi connectivity index (χ3n) is 13.1. The molecule has 8 rings (SSSR count). The Kier molecular flexibility index (Phi) is 13.5. The van der Waals surface area contributed by atoms with Crippen LogP contribution in [-0.2, 0) is 0 Å². The van der Waals surface area contributed by atoms with Crippen molar-refractivity contribution in [3.63, 3.8) is 0 Å². The fourth-order valence-electron chi connectivity index (χ4n) is 10.2. The van der Waals surface area contributed by atoms with Gasteiger partial charge < -0.3 is 10.6 Å². The van der Waals surface area contributed by atoms with Gasteiger partial charge in [-0.1, -0.05) is 189 Å². The average Bonchev–Trinajstić information content (AvgIpc) is 3.27. The predicted molar refractivity (Wildman–Crippen MR) is 257 cm³/mol. The molecule has 2 unspecified atom stereocenters. The standard InChI is InChI=1S/C58H64N3/c1-41-37-42(2)57(43(3)38-41)60-45(5)61-36-24-23-35-54(61)44(4)59-58-52(46-25-13-7-6-8-14-26-46)39-51(55(47-27-15-9-16-28-47)48-29-17-10-18-30-48)40-53(58)56(49-31-19-11-20-32-49)50-33-21-12-22-34-50/h9-12,15-24,27-40,44-46,55-56,59-60H,6-8,13-14,25-26H2,1-5H3/q+1. The molecular weight excluding hydrogens is 739 g/mol. The third kappa shape index (κ3) is 9.68. The van der Waals surface area contributed by atoms with Gasteiger partial charge in [0.15, 0.2) is 6.20 Å². The van der Waals surface area contributed by atoms with Gasteiger partial charge in [0.05, 0.1) is 0 Å². The van der Waals surface area contributed by atoms with Crippen molar-refractivity contribution >= 4 is 11.4 Å². The number of aromatic nitrogens is 1. The molecule has 1 aliphatic carbocycles. The number of hydrogen-bond donors (Lipinski definition) is 2. The Bertz CT molecular complexity index is 2370. The van der Waals surface area contributed by atoms with Gasteiger partial charge in [-0.25, -0.2) is 0 Å². The van der Waals surface area contributed by atoms with Crippen LogP contribution in [0.3, 0.4) is 0 Å². The largest absolute Gasteiger partial charge is 0.373 e. The SMILES string of the molecule is Cc1cc(C)c(NC(C)[n+]2ccccc2C(C)Nc2c(C3CCCCCCC3)cc(C(c3ccccc3)c3ccccc3)cc2C(c2ccccc2)c2ccccc2)c(C)c1. The second kappa shape index (κ2) is 19.6. The quantitative estimate of drug-likeness (QED) is 0.0898. The molecule has 0 amide bonds. The molecule has 2 N–H and O–H groups in total. The van der Waals surface area contributed by atoms with Gasteiger partial charge in [0.1, 0.15) is 6.04 Å². The van der Waals surface area contributed by atoms with Crippen LogP contribution in [0.1, 0.15) is 150 Å². The summed E-state index contributed by atoms with van der Waals surface area (Å²) in [6.45, 7) is 11.3. The zero-order valence-corrected chi connectivity index (χ0v) is 36.9. The fourth-order valence-corrected chi connectivity index (χ4v) is 10.2. The molecule has 3 nitrogen and oxygen atoms in total. The van der Waals surface area contributed by atoms with E-state index in [-0.39, 0.29) is 24.0 Å². The van der Waals surface area contributed by atoms with E-state index in [1.54, 1.807) is 0 Å². The van der Waals surface area contributed by atoms with E-state index in [0.29, 0.717) is 5.92 Å². The van der Waals surface area contributed by atoms with Crippen molar-refractivity contribution in [1.29, 1.82) is 0 Å².